The number of rotatable bonds is 47. The number of hydrogen-bond acceptors (Lipinski definition) is 10. The van der Waals surface area contributed by atoms with E-state index in [1.807, 2.05) is 6.08 Å². The van der Waals surface area contributed by atoms with Crippen LogP contribution in [0, 0.1) is 0 Å². The van der Waals surface area contributed by atoms with Crippen LogP contribution in [0.25, 0.3) is 0 Å². The highest BCUT2D eigenvalue weighted by Gasteiger charge is 2.47. The highest BCUT2D eigenvalue weighted by atomic mass is 16.7. The van der Waals surface area contributed by atoms with E-state index in [2.05, 4.69) is 74.7 Å². The lowest BCUT2D eigenvalue weighted by atomic mass is 9.99. The first kappa shape index (κ1) is 65.4. The van der Waals surface area contributed by atoms with Crippen molar-refractivity contribution in [3.63, 3.8) is 0 Å². The second kappa shape index (κ2) is 47.4. The summed E-state index contributed by atoms with van der Waals surface area (Å²) in [5.74, 6) is -1.22. The SMILES string of the molecule is CC/C=C/C/C=C/C/C=C/CCCCCCC(=O)OC1C(OCC(NC(=O)C(O)CCCCCCCC/C=C\CCCCCC)C(O)/C=C/CCCCCCCCCCCCC)OC(CO)C(O)C1O. The molecule has 0 aromatic heterocycles. The molecule has 8 atom stereocenters. The molecule has 0 aliphatic carbocycles. The molecule has 0 bridgehead atoms. The number of ether oxygens (including phenoxy) is 3. The molecule has 1 amide bonds. The van der Waals surface area contributed by atoms with E-state index in [1.54, 1.807) is 6.08 Å². The molecule has 0 spiro atoms. The summed E-state index contributed by atoms with van der Waals surface area (Å²) in [5.41, 5.74) is 0. The summed E-state index contributed by atoms with van der Waals surface area (Å²) in [6.07, 6.45) is 46.9. The third-order valence-corrected chi connectivity index (χ3v) is 13.2. The van der Waals surface area contributed by atoms with Crippen molar-refractivity contribution in [3.05, 3.63) is 60.8 Å². The second-order valence-corrected chi connectivity index (χ2v) is 19.6. The van der Waals surface area contributed by atoms with Crippen LogP contribution in [-0.2, 0) is 23.8 Å². The monoisotopic (exact) mass is 988 g/mol. The topological polar surface area (TPSA) is 175 Å². The average molecular weight is 988 g/mol. The maximum absolute atomic E-state index is 13.4. The molecule has 0 aromatic carbocycles. The number of unbranched alkanes of at least 4 members (excludes halogenated alkanes) is 25. The summed E-state index contributed by atoms with van der Waals surface area (Å²) < 4.78 is 17.5. The van der Waals surface area contributed by atoms with Crippen LogP contribution in [0.3, 0.4) is 0 Å². The molecule has 6 N–H and O–H groups in total. The third-order valence-electron chi connectivity index (χ3n) is 13.2. The van der Waals surface area contributed by atoms with Gasteiger partial charge in [-0.2, -0.15) is 0 Å². The zero-order valence-corrected chi connectivity index (χ0v) is 44.6. The average Bonchev–Trinajstić information content (AvgIpc) is 3.36. The van der Waals surface area contributed by atoms with Crippen molar-refractivity contribution in [2.24, 2.45) is 0 Å². The normalized spacial score (nSPS) is 20.1. The van der Waals surface area contributed by atoms with Gasteiger partial charge in [0.2, 0.25) is 5.91 Å². The molecule has 0 radical (unpaired) electrons. The second-order valence-electron chi connectivity index (χ2n) is 19.6. The fourth-order valence-electron chi connectivity index (χ4n) is 8.60. The van der Waals surface area contributed by atoms with Gasteiger partial charge in [0.15, 0.2) is 12.4 Å². The Morgan fingerprint density at radius 3 is 1.57 bits per heavy atom. The molecule has 70 heavy (non-hydrogen) atoms. The van der Waals surface area contributed by atoms with Gasteiger partial charge in [0.1, 0.15) is 24.4 Å². The Morgan fingerprint density at radius 1 is 0.571 bits per heavy atom. The molecule has 406 valence electrons. The molecule has 1 fully saturated rings. The van der Waals surface area contributed by atoms with Crippen molar-refractivity contribution in [2.75, 3.05) is 13.2 Å². The smallest absolute Gasteiger partial charge is 0.306 e. The van der Waals surface area contributed by atoms with E-state index in [0.717, 1.165) is 96.3 Å². The number of carbonyl (C=O) groups excluding carboxylic acids is 2. The Kier molecular flexibility index (Phi) is 44.2. The molecular weight excluding hydrogens is 883 g/mol. The number of amides is 1. The van der Waals surface area contributed by atoms with Gasteiger partial charge in [-0.3, -0.25) is 9.59 Å². The van der Waals surface area contributed by atoms with Crippen molar-refractivity contribution >= 4 is 11.9 Å². The zero-order valence-electron chi connectivity index (χ0n) is 44.6. The maximum atomic E-state index is 13.4. The summed E-state index contributed by atoms with van der Waals surface area (Å²) in [7, 11) is 0. The van der Waals surface area contributed by atoms with Crippen LogP contribution in [0.15, 0.2) is 60.8 Å². The van der Waals surface area contributed by atoms with Gasteiger partial charge in [-0.05, 0) is 83.5 Å². The first-order valence-corrected chi connectivity index (χ1v) is 28.6. The van der Waals surface area contributed by atoms with Gasteiger partial charge in [0.05, 0.1) is 25.4 Å². The van der Waals surface area contributed by atoms with Crippen LogP contribution in [0.1, 0.15) is 239 Å². The Hall–Kier alpha value is -2.64. The molecule has 0 aromatic rings. The van der Waals surface area contributed by atoms with Gasteiger partial charge in [0.25, 0.3) is 0 Å². The molecule has 8 unspecified atom stereocenters. The molecular formula is C59H105NO10. The quantitative estimate of drug-likeness (QED) is 0.0196. The van der Waals surface area contributed by atoms with Gasteiger partial charge in [-0.25, -0.2) is 0 Å². The van der Waals surface area contributed by atoms with Crippen LogP contribution >= 0.6 is 0 Å². The fourth-order valence-corrected chi connectivity index (χ4v) is 8.60. The predicted octanol–water partition coefficient (Wildman–Crippen LogP) is 12.7. The zero-order chi connectivity index (χ0) is 51.1. The lowest BCUT2D eigenvalue weighted by Gasteiger charge is -2.41. The van der Waals surface area contributed by atoms with Crippen molar-refractivity contribution in [1.82, 2.24) is 5.32 Å². The molecule has 1 heterocycles. The standard InChI is InChI=1S/C59H105NO10/c1-4-7-10-13-16-19-22-25-28-31-34-37-40-43-46-52(63)58(67)60-50(51(62)45-42-39-36-33-30-27-24-21-18-15-12-9-6-3)49-68-59-57(56(66)55(65)53(48-61)69-59)70-54(64)47-44-41-38-35-32-29-26-23-20-17-14-11-8-5-2/h8,11,17,19-20,22,26,29,42,45,50-53,55-57,59,61-63,65-66H,4-7,9-10,12-16,18,21,23-25,27-28,30-41,43-44,46-49H2,1-3H3,(H,60,67)/b11-8+,20-17+,22-19-,29-26+,45-42+. The minimum absolute atomic E-state index is 0.0959. The lowest BCUT2D eigenvalue weighted by molar-refractivity contribution is -0.305. The summed E-state index contributed by atoms with van der Waals surface area (Å²) in [5, 5.41) is 56.8. The minimum atomic E-state index is -1.62. The molecule has 0 saturated carbocycles. The summed E-state index contributed by atoms with van der Waals surface area (Å²) in [6.45, 7) is 5.63. The first-order chi connectivity index (χ1) is 34.2. The van der Waals surface area contributed by atoms with Crippen LogP contribution in [0.2, 0.25) is 0 Å². The fraction of sp³-hybridized carbons (Fsp3) is 0.797. The lowest BCUT2D eigenvalue weighted by Crippen LogP contribution is -2.61. The molecule has 11 nitrogen and oxygen atoms in total. The van der Waals surface area contributed by atoms with Gasteiger partial charge in [-0.15, -0.1) is 0 Å². The van der Waals surface area contributed by atoms with Crippen molar-refractivity contribution in [2.45, 2.75) is 288 Å². The van der Waals surface area contributed by atoms with Gasteiger partial charge < -0.3 is 45.1 Å². The van der Waals surface area contributed by atoms with E-state index in [0.29, 0.717) is 12.8 Å². The Bertz CT molecular complexity index is 1370. The number of esters is 1. The van der Waals surface area contributed by atoms with E-state index in [1.165, 1.54) is 96.3 Å². The molecule has 1 rings (SSSR count). The van der Waals surface area contributed by atoms with E-state index < -0.39 is 67.4 Å². The summed E-state index contributed by atoms with van der Waals surface area (Å²) in [4.78, 5) is 26.4. The van der Waals surface area contributed by atoms with Crippen molar-refractivity contribution in [1.29, 1.82) is 0 Å². The largest absolute Gasteiger partial charge is 0.454 e. The van der Waals surface area contributed by atoms with E-state index in [9.17, 15) is 35.1 Å². The number of nitrogens with one attached hydrogen (secondary N) is 1. The van der Waals surface area contributed by atoms with Crippen molar-refractivity contribution < 1.29 is 49.3 Å². The Labute approximate surface area is 427 Å². The summed E-state index contributed by atoms with van der Waals surface area (Å²) >= 11 is 0. The van der Waals surface area contributed by atoms with E-state index in [-0.39, 0.29) is 19.4 Å². The third kappa shape index (κ3) is 35.5. The van der Waals surface area contributed by atoms with Gasteiger partial charge >= 0.3 is 5.97 Å². The number of allylic oxidation sites excluding steroid dienone is 9. The highest BCUT2D eigenvalue weighted by molar-refractivity contribution is 5.80. The molecule has 1 saturated heterocycles. The molecule has 11 heteroatoms. The van der Waals surface area contributed by atoms with E-state index in [4.69, 9.17) is 14.2 Å². The minimum Gasteiger partial charge on any atom is -0.454 e. The van der Waals surface area contributed by atoms with Crippen molar-refractivity contribution in [3.8, 4) is 0 Å². The van der Waals surface area contributed by atoms with Crippen LogP contribution < -0.4 is 5.32 Å². The Morgan fingerprint density at radius 2 is 1.03 bits per heavy atom. The number of hydrogen-bond donors (Lipinski definition) is 6. The van der Waals surface area contributed by atoms with Crippen LogP contribution in [0.5, 0.6) is 0 Å². The Balaban J connectivity index is 2.77. The van der Waals surface area contributed by atoms with Gasteiger partial charge in [-0.1, -0.05) is 210 Å². The van der Waals surface area contributed by atoms with Crippen LogP contribution in [-0.4, -0.2) is 99.6 Å². The number of carbonyl (C=O) groups is 2. The molecule has 1 aliphatic heterocycles. The first-order valence-electron chi connectivity index (χ1n) is 28.6. The maximum Gasteiger partial charge on any atom is 0.306 e. The van der Waals surface area contributed by atoms with Crippen LogP contribution in [0.4, 0.5) is 0 Å². The predicted molar refractivity (Wildman–Crippen MR) is 287 cm³/mol. The number of aliphatic hydroxyl groups is 5. The number of aliphatic hydroxyl groups excluding tert-OH is 5. The van der Waals surface area contributed by atoms with Gasteiger partial charge in [0, 0.05) is 6.42 Å². The summed E-state index contributed by atoms with van der Waals surface area (Å²) in [6, 6.07) is -1.03. The van der Waals surface area contributed by atoms with E-state index >= 15 is 0 Å². The molecule has 1 aliphatic rings. The highest BCUT2D eigenvalue weighted by Crippen LogP contribution is 2.26.